The number of piperidine rings is 1. The number of nitrogens with zero attached hydrogens (tertiary/aromatic N) is 3. The van der Waals surface area contributed by atoms with Gasteiger partial charge in [0.25, 0.3) is 0 Å². The molecule has 1 saturated heterocycles. The van der Waals surface area contributed by atoms with Crippen molar-refractivity contribution in [2.45, 2.75) is 32.2 Å². The number of carboxylic acids is 1. The Hall–Kier alpha value is -2.70. The molecule has 25 heavy (non-hydrogen) atoms. The van der Waals surface area contributed by atoms with Crippen molar-refractivity contribution in [2.24, 2.45) is 5.92 Å². The number of aromatic nitrogens is 2. The molecule has 3 rings (SSSR count). The molecule has 7 nitrogen and oxygen atoms in total. The van der Waals surface area contributed by atoms with E-state index in [2.05, 4.69) is 5.10 Å². The Bertz CT molecular complexity index is 846. The molecule has 1 aliphatic heterocycles. The lowest BCUT2D eigenvalue weighted by molar-refractivity contribution is -0.137. The quantitative estimate of drug-likeness (QED) is 0.888. The summed E-state index contributed by atoms with van der Waals surface area (Å²) in [5.74, 6) is -0.624. The molecular weight excluding hydrogens is 322 g/mol. The van der Waals surface area contributed by atoms with Gasteiger partial charge >= 0.3 is 5.97 Å². The molecule has 0 saturated carbocycles. The summed E-state index contributed by atoms with van der Waals surface area (Å²) >= 11 is 0. The average Bonchev–Trinajstić information content (AvgIpc) is 2.63. The number of carbonyl (C=O) groups excluding carboxylic acids is 1. The Morgan fingerprint density at radius 2 is 2.08 bits per heavy atom. The summed E-state index contributed by atoms with van der Waals surface area (Å²) in [6.07, 6.45) is 3.81. The molecule has 0 spiro atoms. The number of para-hydroxylation sites is 1. The van der Waals surface area contributed by atoms with Crippen molar-refractivity contribution in [3.8, 4) is 0 Å². The van der Waals surface area contributed by atoms with Crippen LogP contribution in [0.1, 0.15) is 25.7 Å². The van der Waals surface area contributed by atoms with Crippen LogP contribution in [0, 0.1) is 5.92 Å². The Morgan fingerprint density at radius 3 is 2.88 bits per heavy atom. The van der Waals surface area contributed by atoms with Crippen LogP contribution in [0.25, 0.3) is 10.9 Å². The van der Waals surface area contributed by atoms with Crippen molar-refractivity contribution in [3.05, 3.63) is 40.7 Å². The first-order valence-electron chi connectivity index (χ1n) is 8.49. The molecule has 0 aliphatic carbocycles. The van der Waals surface area contributed by atoms with E-state index in [4.69, 9.17) is 5.11 Å². The highest BCUT2D eigenvalue weighted by Gasteiger charge is 2.24. The first-order chi connectivity index (χ1) is 12.0. The van der Waals surface area contributed by atoms with Gasteiger partial charge in [0, 0.05) is 24.9 Å². The number of likely N-dealkylation sites (tertiary alicyclic amines) is 1. The number of rotatable bonds is 5. The van der Waals surface area contributed by atoms with Crippen LogP contribution in [0.3, 0.4) is 0 Å². The highest BCUT2D eigenvalue weighted by molar-refractivity contribution is 5.81. The maximum absolute atomic E-state index is 12.7. The van der Waals surface area contributed by atoms with Gasteiger partial charge < -0.3 is 10.0 Å². The minimum absolute atomic E-state index is 0.0543. The van der Waals surface area contributed by atoms with Gasteiger partial charge in [-0.2, -0.15) is 5.10 Å². The fourth-order valence-corrected chi connectivity index (χ4v) is 3.37. The van der Waals surface area contributed by atoms with Crippen LogP contribution in [-0.2, 0) is 16.1 Å². The van der Waals surface area contributed by atoms with Gasteiger partial charge in [-0.1, -0.05) is 12.1 Å². The zero-order chi connectivity index (χ0) is 17.8. The number of carboxylic acid groups (broad SMARTS) is 1. The van der Waals surface area contributed by atoms with Crippen molar-refractivity contribution >= 4 is 22.8 Å². The van der Waals surface area contributed by atoms with E-state index in [9.17, 15) is 14.4 Å². The van der Waals surface area contributed by atoms with E-state index < -0.39 is 5.97 Å². The van der Waals surface area contributed by atoms with Gasteiger partial charge in [0.2, 0.25) is 11.3 Å². The highest BCUT2D eigenvalue weighted by atomic mass is 16.4. The summed E-state index contributed by atoms with van der Waals surface area (Å²) in [4.78, 5) is 37.0. The number of benzene rings is 1. The van der Waals surface area contributed by atoms with E-state index in [-0.39, 0.29) is 30.2 Å². The van der Waals surface area contributed by atoms with Crippen LogP contribution in [0.5, 0.6) is 0 Å². The first-order valence-corrected chi connectivity index (χ1v) is 8.49. The third-order valence-electron chi connectivity index (χ3n) is 4.69. The van der Waals surface area contributed by atoms with Crippen molar-refractivity contribution in [1.29, 1.82) is 0 Å². The van der Waals surface area contributed by atoms with Gasteiger partial charge in [0.05, 0.1) is 11.7 Å². The van der Waals surface area contributed by atoms with Crippen molar-refractivity contribution in [3.63, 3.8) is 0 Å². The predicted octanol–water partition coefficient (Wildman–Crippen LogP) is 1.50. The Balaban J connectivity index is 1.71. The number of aliphatic carboxylic acids is 1. The summed E-state index contributed by atoms with van der Waals surface area (Å²) in [5.41, 5.74) is 0.480. The highest BCUT2D eigenvalue weighted by Crippen LogP contribution is 2.21. The Kier molecular flexibility index (Phi) is 5.11. The summed E-state index contributed by atoms with van der Waals surface area (Å²) in [6, 6.07) is 7.10. The molecule has 1 aromatic carbocycles. The standard InChI is InChI=1S/C18H21N3O4/c22-16-10-19-21(15-6-2-1-5-14(15)16)12-17(23)20-9-3-4-13(11-20)7-8-18(24)25/h1-2,5-6,10,13H,3-4,7-9,11-12H2,(H,24,25)/t13-/m0/s1. The second-order valence-electron chi connectivity index (χ2n) is 6.46. The van der Waals surface area contributed by atoms with E-state index in [0.29, 0.717) is 30.4 Å². The van der Waals surface area contributed by atoms with E-state index in [1.807, 2.05) is 6.07 Å². The number of hydrogen-bond acceptors (Lipinski definition) is 4. The zero-order valence-electron chi connectivity index (χ0n) is 13.9. The van der Waals surface area contributed by atoms with Crippen LogP contribution in [-0.4, -0.2) is 44.8 Å². The second-order valence-corrected chi connectivity index (χ2v) is 6.46. The average molecular weight is 343 g/mol. The predicted molar refractivity (Wildman–Crippen MR) is 92.2 cm³/mol. The molecule has 0 bridgehead atoms. The minimum Gasteiger partial charge on any atom is -0.481 e. The van der Waals surface area contributed by atoms with Crippen molar-refractivity contribution in [1.82, 2.24) is 14.7 Å². The van der Waals surface area contributed by atoms with E-state index in [1.165, 1.54) is 6.20 Å². The lowest BCUT2D eigenvalue weighted by Crippen LogP contribution is -2.42. The van der Waals surface area contributed by atoms with Crippen LogP contribution in [0.2, 0.25) is 0 Å². The molecule has 1 N–H and O–H groups in total. The van der Waals surface area contributed by atoms with E-state index in [1.54, 1.807) is 27.8 Å². The van der Waals surface area contributed by atoms with Crippen LogP contribution in [0.4, 0.5) is 0 Å². The molecule has 0 radical (unpaired) electrons. The fraction of sp³-hybridized carbons (Fsp3) is 0.444. The van der Waals surface area contributed by atoms with Gasteiger partial charge in [0.1, 0.15) is 6.54 Å². The largest absolute Gasteiger partial charge is 0.481 e. The topological polar surface area (TPSA) is 92.5 Å². The molecule has 2 heterocycles. The van der Waals surface area contributed by atoms with Gasteiger partial charge in [-0.3, -0.25) is 19.1 Å². The lowest BCUT2D eigenvalue weighted by Gasteiger charge is -2.32. The normalized spacial score (nSPS) is 17.6. The van der Waals surface area contributed by atoms with Crippen LogP contribution in [0.15, 0.2) is 35.3 Å². The summed E-state index contributed by atoms with van der Waals surface area (Å²) < 4.78 is 1.56. The minimum atomic E-state index is -0.799. The summed E-state index contributed by atoms with van der Waals surface area (Å²) in [7, 11) is 0. The first kappa shape index (κ1) is 17.1. The van der Waals surface area contributed by atoms with Gasteiger partial charge in [-0.15, -0.1) is 0 Å². The van der Waals surface area contributed by atoms with Gasteiger partial charge in [-0.05, 0) is 37.3 Å². The third kappa shape index (κ3) is 4.04. The van der Waals surface area contributed by atoms with E-state index in [0.717, 1.165) is 12.8 Å². The third-order valence-corrected chi connectivity index (χ3v) is 4.69. The molecule has 0 unspecified atom stereocenters. The number of hydrogen-bond donors (Lipinski definition) is 1. The molecule has 7 heteroatoms. The Morgan fingerprint density at radius 1 is 1.28 bits per heavy atom. The smallest absolute Gasteiger partial charge is 0.303 e. The van der Waals surface area contributed by atoms with Crippen LogP contribution < -0.4 is 5.43 Å². The van der Waals surface area contributed by atoms with Crippen molar-refractivity contribution in [2.75, 3.05) is 13.1 Å². The van der Waals surface area contributed by atoms with E-state index >= 15 is 0 Å². The maximum atomic E-state index is 12.7. The molecule has 1 fully saturated rings. The fourth-order valence-electron chi connectivity index (χ4n) is 3.37. The SMILES string of the molecule is O=C(O)CC[C@@H]1CCCN(C(=O)Cn2ncc(=O)c3ccccc32)C1. The maximum Gasteiger partial charge on any atom is 0.303 e. The van der Waals surface area contributed by atoms with Crippen molar-refractivity contribution < 1.29 is 14.7 Å². The number of carbonyl (C=O) groups is 2. The molecule has 1 aliphatic rings. The van der Waals surface area contributed by atoms with Crippen LogP contribution >= 0.6 is 0 Å². The molecule has 1 amide bonds. The molecular formula is C18H21N3O4. The molecule has 2 aromatic rings. The zero-order valence-corrected chi connectivity index (χ0v) is 13.9. The number of fused-ring (bicyclic) bond motifs is 1. The second kappa shape index (κ2) is 7.46. The molecule has 1 atom stereocenters. The monoisotopic (exact) mass is 343 g/mol. The Labute approximate surface area is 144 Å². The number of amides is 1. The van der Waals surface area contributed by atoms with Gasteiger partial charge in [-0.25, -0.2) is 0 Å². The summed E-state index contributed by atoms with van der Waals surface area (Å²) in [5, 5.41) is 13.5. The molecule has 132 valence electrons. The lowest BCUT2D eigenvalue weighted by atomic mass is 9.93. The molecule has 1 aromatic heterocycles. The summed E-state index contributed by atoms with van der Waals surface area (Å²) in [6.45, 7) is 1.34. The van der Waals surface area contributed by atoms with Gasteiger partial charge in [0.15, 0.2) is 0 Å².